The van der Waals surface area contributed by atoms with Gasteiger partial charge in [-0.1, -0.05) is 17.7 Å². The van der Waals surface area contributed by atoms with Crippen LogP contribution >= 0.6 is 22.9 Å². The van der Waals surface area contributed by atoms with E-state index in [0.29, 0.717) is 36.6 Å². The summed E-state index contributed by atoms with van der Waals surface area (Å²) in [6.45, 7) is 3.73. The Bertz CT molecular complexity index is 1770. The van der Waals surface area contributed by atoms with Crippen LogP contribution in [0.15, 0.2) is 29.5 Å². The van der Waals surface area contributed by atoms with Gasteiger partial charge in [0.25, 0.3) is 0 Å². The standard InChI is InChI=1S/C27H28ClN7OS.C7H12FN/c1-29-31-11-15-5-8-19(28)20(14-3-4-14)21(15)23-24-18(9-10-30-23)22-25(33-27(36-2)34-26(22)37-24)35-12-16-6-7-17(13-35)32-16;8-6-4-7-2-1-3-9(7)5-6/h5,8-11,14,16-17,29,32H,3-4,6-7,12-13H2,1-2H3;6-7H,1-5H2/b31-11-;. The van der Waals surface area contributed by atoms with Crippen LogP contribution in [0.5, 0.6) is 6.01 Å². The molecule has 2 N–H and O–H groups in total. The fraction of sp³-hybridized carbons (Fsp3) is 0.529. The summed E-state index contributed by atoms with van der Waals surface area (Å²) in [7, 11) is 3.43. The van der Waals surface area contributed by atoms with Crippen molar-refractivity contribution in [2.24, 2.45) is 5.10 Å². The molecule has 3 aromatic heterocycles. The number of methoxy groups -OCH3 is 1. The minimum Gasteiger partial charge on any atom is -0.467 e. The number of alkyl halides is 1. The van der Waals surface area contributed by atoms with Crippen LogP contribution in [-0.4, -0.2) is 90.7 Å². The van der Waals surface area contributed by atoms with Gasteiger partial charge >= 0.3 is 6.01 Å². The molecule has 7 heterocycles. The maximum Gasteiger partial charge on any atom is 0.319 e. The molecule has 9 nitrogen and oxygen atoms in total. The number of thiophene rings is 1. The van der Waals surface area contributed by atoms with Crippen molar-refractivity contribution in [1.29, 1.82) is 0 Å². The average Bonchev–Trinajstić information content (AvgIpc) is 3.33. The Kier molecular flexibility index (Phi) is 8.20. The second-order valence-electron chi connectivity index (χ2n) is 13.2. The van der Waals surface area contributed by atoms with E-state index in [9.17, 15) is 4.39 Å². The largest absolute Gasteiger partial charge is 0.467 e. The Morgan fingerprint density at radius 3 is 2.67 bits per heavy atom. The van der Waals surface area contributed by atoms with Gasteiger partial charge < -0.3 is 20.4 Å². The molecule has 1 saturated carbocycles. The van der Waals surface area contributed by atoms with Crippen molar-refractivity contribution in [3.63, 3.8) is 0 Å². The number of nitrogens with zero attached hydrogens (tertiary/aromatic N) is 6. The number of hydrazone groups is 1. The molecule has 4 aliphatic heterocycles. The molecular formula is C34H40ClFN8OS. The molecule has 0 spiro atoms. The fourth-order valence-electron chi connectivity index (χ4n) is 7.95. The number of rotatable bonds is 6. The van der Waals surface area contributed by atoms with Crippen LogP contribution in [0, 0.1) is 0 Å². The van der Waals surface area contributed by atoms with Crippen LogP contribution in [0.2, 0.25) is 5.02 Å². The summed E-state index contributed by atoms with van der Waals surface area (Å²) in [6, 6.07) is 8.11. The van der Waals surface area contributed by atoms with Gasteiger partial charge in [0.15, 0.2) is 0 Å². The third-order valence-electron chi connectivity index (χ3n) is 10.1. The molecule has 12 heteroatoms. The Labute approximate surface area is 277 Å². The average molecular weight is 663 g/mol. The molecule has 5 fully saturated rings. The van der Waals surface area contributed by atoms with Gasteiger partial charge in [-0.3, -0.25) is 9.88 Å². The van der Waals surface area contributed by atoms with Crippen LogP contribution < -0.4 is 20.4 Å². The molecule has 0 radical (unpaired) electrons. The van der Waals surface area contributed by atoms with E-state index in [0.717, 1.165) is 86.9 Å². The molecular weight excluding hydrogens is 623 g/mol. The van der Waals surface area contributed by atoms with Gasteiger partial charge in [0.05, 0.1) is 29.1 Å². The van der Waals surface area contributed by atoms with Crippen molar-refractivity contribution in [3.05, 3.63) is 40.5 Å². The van der Waals surface area contributed by atoms with E-state index < -0.39 is 6.17 Å². The predicted molar refractivity (Wildman–Crippen MR) is 185 cm³/mol. The van der Waals surface area contributed by atoms with Crippen LogP contribution in [0.1, 0.15) is 62.0 Å². The van der Waals surface area contributed by atoms with Crippen molar-refractivity contribution < 1.29 is 9.13 Å². The molecule has 242 valence electrons. The number of pyridine rings is 1. The lowest BCUT2D eigenvalue weighted by atomic mass is 9.94. The zero-order chi connectivity index (χ0) is 31.4. The number of fused-ring (bicyclic) bond motifs is 6. The third-order valence-corrected chi connectivity index (χ3v) is 11.6. The van der Waals surface area contributed by atoms with E-state index in [4.69, 9.17) is 31.3 Å². The summed E-state index contributed by atoms with van der Waals surface area (Å²) in [5.41, 5.74) is 7.03. The van der Waals surface area contributed by atoms with Crippen LogP contribution in [0.25, 0.3) is 31.6 Å². The summed E-state index contributed by atoms with van der Waals surface area (Å²) >= 11 is 8.46. The minimum absolute atomic E-state index is 0.401. The first kappa shape index (κ1) is 30.2. The van der Waals surface area contributed by atoms with E-state index in [1.165, 1.54) is 31.2 Å². The first-order chi connectivity index (χ1) is 22.5. The monoisotopic (exact) mass is 662 g/mol. The Balaban J connectivity index is 0.000000297. The summed E-state index contributed by atoms with van der Waals surface area (Å²) in [4.78, 5) is 20.2. The zero-order valence-electron chi connectivity index (χ0n) is 26.3. The summed E-state index contributed by atoms with van der Waals surface area (Å²) < 4.78 is 19.2. The van der Waals surface area contributed by atoms with Crippen molar-refractivity contribution in [1.82, 2.24) is 30.6 Å². The molecule has 1 aromatic carbocycles. The van der Waals surface area contributed by atoms with Gasteiger partial charge in [0, 0.05) is 72.5 Å². The summed E-state index contributed by atoms with van der Waals surface area (Å²) in [5.74, 6) is 1.40. The van der Waals surface area contributed by atoms with Gasteiger partial charge in [-0.15, -0.1) is 11.3 Å². The van der Waals surface area contributed by atoms with Crippen molar-refractivity contribution in [2.75, 3.05) is 45.2 Å². The predicted octanol–water partition coefficient (Wildman–Crippen LogP) is 6.13. The van der Waals surface area contributed by atoms with E-state index in [2.05, 4.69) is 31.7 Å². The summed E-state index contributed by atoms with van der Waals surface area (Å²) in [6.07, 6.45) is 11.3. The molecule has 5 aliphatic rings. The van der Waals surface area contributed by atoms with Crippen LogP contribution in [0.4, 0.5) is 10.2 Å². The number of hydrogen-bond donors (Lipinski definition) is 2. The van der Waals surface area contributed by atoms with Crippen LogP contribution in [-0.2, 0) is 0 Å². The number of anilines is 1. The molecule has 4 unspecified atom stereocenters. The molecule has 0 amide bonds. The molecule has 4 atom stereocenters. The third kappa shape index (κ3) is 5.59. The van der Waals surface area contributed by atoms with Crippen molar-refractivity contribution in [3.8, 4) is 17.3 Å². The Morgan fingerprint density at radius 2 is 1.93 bits per heavy atom. The Hall–Kier alpha value is -3.12. The van der Waals surface area contributed by atoms with Gasteiger partial charge in [0.1, 0.15) is 16.8 Å². The van der Waals surface area contributed by atoms with Crippen molar-refractivity contribution in [2.45, 2.75) is 75.2 Å². The minimum atomic E-state index is -0.518. The lowest BCUT2D eigenvalue weighted by Gasteiger charge is -2.34. The smallest absolute Gasteiger partial charge is 0.319 e. The molecule has 2 bridgehead atoms. The zero-order valence-corrected chi connectivity index (χ0v) is 27.9. The highest BCUT2D eigenvalue weighted by Gasteiger charge is 2.36. The van der Waals surface area contributed by atoms with Crippen LogP contribution in [0.3, 0.4) is 0 Å². The van der Waals surface area contributed by atoms with Gasteiger partial charge in [-0.2, -0.15) is 15.1 Å². The molecule has 1 aliphatic carbocycles. The molecule has 9 rings (SSSR count). The fourth-order valence-corrected chi connectivity index (χ4v) is 9.41. The molecule has 4 aromatic rings. The normalized spacial score (nSPS) is 25.8. The number of nitrogens with one attached hydrogen (secondary N) is 2. The van der Waals surface area contributed by atoms with E-state index in [-0.39, 0.29) is 0 Å². The molecule has 4 saturated heterocycles. The maximum atomic E-state index is 12.6. The second kappa shape index (κ2) is 12.5. The summed E-state index contributed by atoms with van der Waals surface area (Å²) in [5, 5.41) is 11.0. The topological polar surface area (TPSA) is 90.8 Å². The van der Waals surface area contributed by atoms with E-state index in [1.54, 1.807) is 25.5 Å². The van der Waals surface area contributed by atoms with E-state index >= 15 is 0 Å². The second-order valence-corrected chi connectivity index (χ2v) is 14.6. The lowest BCUT2D eigenvalue weighted by molar-refractivity contribution is 0.292. The number of benzene rings is 1. The Morgan fingerprint density at radius 1 is 1.11 bits per heavy atom. The van der Waals surface area contributed by atoms with Crippen molar-refractivity contribution >= 4 is 55.3 Å². The number of hydrogen-bond acceptors (Lipinski definition) is 10. The van der Waals surface area contributed by atoms with Gasteiger partial charge in [-0.05, 0) is 75.1 Å². The SMILES string of the molecule is CN/N=C\c1ccc(Cl)c(C2CC2)c1-c1nccc2c1sc1nc(OC)nc(N3CC4CCC(C3)N4)c12.FC1CC2CCCN2C1. The van der Waals surface area contributed by atoms with E-state index in [1.807, 2.05) is 24.5 Å². The highest BCUT2D eigenvalue weighted by Crippen LogP contribution is 2.51. The maximum absolute atomic E-state index is 12.6. The van der Waals surface area contributed by atoms with Gasteiger partial charge in [-0.25, -0.2) is 4.39 Å². The molecule has 46 heavy (non-hydrogen) atoms. The van der Waals surface area contributed by atoms with Gasteiger partial charge in [0.2, 0.25) is 0 Å². The quantitative estimate of drug-likeness (QED) is 0.188. The number of ether oxygens (including phenoxy) is 1. The number of piperazine rings is 1. The number of halogens is 2. The highest BCUT2D eigenvalue weighted by atomic mass is 35.5. The first-order valence-electron chi connectivity index (χ1n) is 16.6. The number of aromatic nitrogens is 3. The highest BCUT2D eigenvalue weighted by molar-refractivity contribution is 7.26. The first-order valence-corrected chi connectivity index (χ1v) is 17.7. The lowest BCUT2D eigenvalue weighted by Crippen LogP contribution is -2.51.